The molecule has 1 heterocycles. The molecule has 3 nitrogen and oxygen atoms in total. The van der Waals surface area contributed by atoms with Crippen molar-refractivity contribution < 1.29 is 27.5 Å². The van der Waals surface area contributed by atoms with E-state index in [1.807, 2.05) is 0 Å². The molecule has 0 spiro atoms. The maximum absolute atomic E-state index is 13.1. The Kier molecular flexibility index (Phi) is 3.52. The molecule has 0 bridgehead atoms. The standard InChI is InChI=1S/C14H11F4NO2/c1-7-5-10(13(20)21)8(2)19(7)12-4-3-9(15)6-11(12)14(16,17)18/h3-6H,1-2H3,(H,20,21). The second-order valence-electron chi connectivity index (χ2n) is 4.58. The third kappa shape index (κ3) is 2.63. The van der Waals surface area contributed by atoms with Crippen molar-refractivity contribution in [3.05, 3.63) is 52.6 Å². The van der Waals surface area contributed by atoms with Crippen molar-refractivity contribution in [3.8, 4) is 5.69 Å². The zero-order chi connectivity index (χ0) is 15.9. The number of nitrogens with zero attached hydrogens (tertiary/aromatic N) is 1. The van der Waals surface area contributed by atoms with Gasteiger partial charge >= 0.3 is 12.1 Å². The second kappa shape index (κ2) is 4.91. The SMILES string of the molecule is Cc1cc(C(=O)O)c(C)n1-c1ccc(F)cc1C(F)(F)F. The van der Waals surface area contributed by atoms with Crippen LogP contribution in [0.1, 0.15) is 27.3 Å². The van der Waals surface area contributed by atoms with E-state index in [-0.39, 0.29) is 16.9 Å². The molecule has 0 unspecified atom stereocenters. The molecule has 0 saturated carbocycles. The lowest BCUT2D eigenvalue weighted by molar-refractivity contribution is -0.137. The van der Waals surface area contributed by atoms with Gasteiger partial charge in [0.15, 0.2) is 0 Å². The molecule has 0 fully saturated rings. The summed E-state index contributed by atoms with van der Waals surface area (Å²) >= 11 is 0. The molecule has 7 heteroatoms. The Morgan fingerprint density at radius 1 is 1.19 bits per heavy atom. The highest BCUT2D eigenvalue weighted by atomic mass is 19.4. The highest BCUT2D eigenvalue weighted by Gasteiger charge is 2.35. The predicted octanol–water partition coefficient (Wildman–Crippen LogP) is 3.95. The molecule has 2 rings (SSSR count). The smallest absolute Gasteiger partial charge is 0.418 e. The van der Waals surface area contributed by atoms with Crippen LogP contribution in [0.15, 0.2) is 24.3 Å². The van der Waals surface area contributed by atoms with Crippen LogP contribution in [0.4, 0.5) is 17.6 Å². The number of aryl methyl sites for hydroxylation is 1. The third-order valence-electron chi connectivity index (χ3n) is 3.17. The van der Waals surface area contributed by atoms with Crippen LogP contribution in [0.3, 0.4) is 0 Å². The first-order valence-electron chi connectivity index (χ1n) is 5.92. The van der Waals surface area contributed by atoms with E-state index in [2.05, 4.69) is 0 Å². The molecular formula is C14H11F4NO2. The molecule has 0 amide bonds. The summed E-state index contributed by atoms with van der Waals surface area (Å²) in [6.07, 6.45) is -4.75. The van der Waals surface area contributed by atoms with Gasteiger partial charge in [-0.05, 0) is 38.1 Å². The summed E-state index contributed by atoms with van der Waals surface area (Å²) in [5, 5.41) is 9.03. The van der Waals surface area contributed by atoms with Gasteiger partial charge in [-0.2, -0.15) is 13.2 Å². The Morgan fingerprint density at radius 3 is 2.29 bits per heavy atom. The van der Waals surface area contributed by atoms with E-state index in [0.29, 0.717) is 11.8 Å². The van der Waals surface area contributed by atoms with Gasteiger partial charge in [0.2, 0.25) is 0 Å². The summed E-state index contributed by atoms with van der Waals surface area (Å²) in [6.45, 7) is 2.89. The first kappa shape index (κ1) is 15.1. The second-order valence-corrected chi connectivity index (χ2v) is 4.58. The van der Waals surface area contributed by atoms with Crippen LogP contribution in [-0.2, 0) is 6.18 Å². The first-order valence-corrected chi connectivity index (χ1v) is 5.92. The molecule has 2 aromatic rings. The zero-order valence-electron chi connectivity index (χ0n) is 11.1. The van der Waals surface area contributed by atoms with Gasteiger partial charge in [0.1, 0.15) is 5.82 Å². The number of aromatic carboxylic acids is 1. The van der Waals surface area contributed by atoms with Gasteiger partial charge < -0.3 is 9.67 Å². The van der Waals surface area contributed by atoms with Gasteiger partial charge in [-0.15, -0.1) is 0 Å². The minimum Gasteiger partial charge on any atom is -0.478 e. The third-order valence-corrected chi connectivity index (χ3v) is 3.17. The molecule has 0 atom stereocenters. The molecule has 0 aliphatic carbocycles. The molecule has 1 aromatic carbocycles. The molecule has 1 aromatic heterocycles. The molecule has 0 radical (unpaired) electrons. The number of carbonyl (C=O) groups is 1. The maximum atomic E-state index is 13.1. The number of aromatic nitrogens is 1. The summed E-state index contributed by atoms with van der Waals surface area (Å²) in [5.74, 6) is -2.24. The fraction of sp³-hybridized carbons (Fsp3) is 0.214. The number of halogens is 4. The topological polar surface area (TPSA) is 42.2 Å². The van der Waals surface area contributed by atoms with E-state index in [9.17, 15) is 22.4 Å². The average molecular weight is 301 g/mol. The lowest BCUT2D eigenvalue weighted by Crippen LogP contribution is -2.13. The van der Waals surface area contributed by atoms with Gasteiger partial charge in [-0.1, -0.05) is 0 Å². The number of hydrogen-bond acceptors (Lipinski definition) is 1. The summed E-state index contributed by atoms with van der Waals surface area (Å²) in [5.41, 5.74) is -1.07. The normalized spacial score (nSPS) is 11.7. The molecule has 112 valence electrons. The molecule has 0 saturated heterocycles. The van der Waals surface area contributed by atoms with Crippen molar-refractivity contribution in [3.63, 3.8) is 0 Å². The predicted molar refractivity (Wildman–Crippen MR) is 67.2 cm³/mol. The van der Waals surface area contributed by atoms with E-state index in [1.54, 1.807) is 0 Å². The highest BCUT2D eigenvalue weighted by Crippen LogP contribution is 2.36. The van der Waals surface area contributed by atoms with Crippen molar-refractivity contribution >= 4 is 5.97 Å². The minimum atomic E-state index is -4.75. The molecule has 0 aliphatic heterocycles. The quantitative estimate of drug-likeness (QED) is 0.853. The molecular weight excluding hydrogens is 290 g/mol. The van der Waals surface area contributed by atoms with Crippen molar-refractivity contribution in [1.82, 2.24) is 4.57 Å². The van der Waals surface area contributed by atoms with E-state index >= 15 is 0 Å². The minimum absolute atomic E-state index is 0.0926. The van der Waals surface area contributed by atoms with Crippen LogP contribution in [0.25, 0.3) is 5.69 Å². The summed E-state index contributed by atoms with van der Waals surface area (Å²) < 4.78 is 53.4. The van der Waals surface area contributed by atoms with Crippen LogP contribution in [0.5, 0.6) is 0 Å². The summed E-state index contributed by atoms with van der Waals surface area (Å²) in [4.78, 5) is 11.1. The summed E-state index contributed by atoms with van der Waals surface area (Å²) in [7, 11) is 0. The van der Waals surface area contributed by atoms with Gasteiger partial charge in [-0.25, -0.2) is 9.18 Å². The lowest BCUT2D eigenvalue weighted by atomic mass is 10.1. The monoisotopic (exact) mass is 301 g/mol. The Hall–Kier alpha value is -2.31. The van der Waals surface area contributed by atoms with Crippen LogP contribution in [0, 0.1) is 19.7 Å². The van der Waals surface area contributed by atoms with Gasteiger partial charge in [0.05, 0.1) is 16.8 Å². The fourth-order valence-corrected chi connectivity index (χ4v) is 2.28. The Labute approximate surface area is 117 Å². The number of alkyl halides is 3. The van der Waals surface area contributed by atoms with E-state index < -0.39 is 23.5 Å². The zero-order valence-corrected chi connectivity index (χ0v) is 11.1. The Morgan fingerprint density at radius 2 is 1.81 bits per heavy atom. The van der Waals surface area contributed by atoms with Crippen LogP contribution < -0.4 is 0 Å². The van der Waals surface area contributed by atoms with Crippen LogP contribution in [0.2, 0.25) is 0 Å². The number of rotatable bonds is 2. The van der Waals surface area contributed by atoms with Crippen molar-refractivity contribution in [2.75, 3.05) is 0 Å². The van der Waals surface area contributed by atoms with Crippen LogP contribution >= 0.6 is 0 Å². The van der Waals surface area contributed by atoms with E-state index in [1.165, 1.54) is 19.9 Å². The lowest BCUT2D eigenvalue weighted by Gasteiger charge is -2.17. The van der Waals surface area contributed by atoms with Crippen molar-refractivity contribution in [2.45, 2.75) is 20.0 Å². The van der Waals surface area contributed by atoms with Gasteiger partial charge in [-0.3, -0.25) is 0 Å². The molecule has 1 N–H and O–H groups in total. The number of benzene rings is 1. The Balaban J connectivity index is 2.77. The average Bonchev–Trinajstić information content (AvgIpc) is 2.64. The van der Waals surface area contributed by atoms with Crippen molar-refractivity contribution in [2.24, 2.45) is 0 Å². The van der Waals surface area contributed by atoms with Crippen molar-refractivity contribution in [1.29, 1.82) is 0 Å². The highest BCUT2D eigenvalue weighted by molar-refractivity contribution is 5.89. The maximum Gasteiger partial charge on any atom is 0.418 e. The molecule has 21 heavy (non-hydrogen) atoms. The van der Waals surface area contributed by atoms with E-state index in [0.717, 1.165) is 16.7 Å². The summed E-state index contributed by atoms with van der Waals surface area (Å²) in [6, 6.07) is 3.57. The van der Waals surface area contributed by atoms with Crippen LogP contribution in [-0.4, -0.2) is 15.6 Å². The number of carboxylic acid groups (broad SMARTS) is 1. The number of hydrogen-bond donors (Lipinski definition) is 1. The Bertz CT molecular complexity index is 716. The number of carboxylic acids is 1. The fourth-order valence-electron chi connectivity index (χ4n) is 2.28. The van der Waals surface area contributed by atoms with E-state index in [4.69, 9.17) is 5.11 Å². The molecule has 0 aliphatic rings. The largest absolute Gasteiger partial charge is 0.478 e. The van der Waals surface area contributed by atoms with Gasteiger partial charge in [0, 0.05) is 11.4 Å². The first-order chi connectivity index (χ1) is 9.62. The van der Waals surface area contributed by atoms with Gasteiger partial charge in [0.25, 0.3) is 0 Å².